The molecular weight excluding hydrogens is 402 g/mol. The molecule has 6 nitrogen and oxygen atoms in total. The van der Waals surface area contributed by atoms with Crippen molar-refractivity contribution in [3.05, 3.63) is 54.0 Å². The van der Waals surface area contributed by atoms with Crippen LogP contribution in [0.1, 0.15) is 26.1 Å². The Morgan fingerprint density at radius 3 is 2.87 bits per heavy atom. The average molecular weight is 428 g/mol. The van der Waals surface area contributed by atoms with Crippen molar-refractivity contribution in [1.82, 2.24) is 19.4 Å². The Bertz CT molecular complexity index is 1080. The Kier molecular flexibility index (Phi) is 6.15. The quantitative estimate of drug-likeness (QED) is 0.574. The Morgan fingerprint density at radius 2 is 2.10 bits per heavy atom. The summed E-state index contributed by atoms with van der Waals surface area (Å²) in [4.78, 5) is 23.6. The molecule has 3 aromatic rings. The van der Waals surface area contributed by atoms with E-state index in [1.807, 2.05) is 12.1 Å². The molecule has 0 aliphatic carbocycles. The van der Waals surface area contributed by atoms with Crippen molar-refractivity contribution in [2.75, 3.05) is 19.7 Å². The number of pyridine rings is 1. The Balaban J connectivity index is 1.38. The zero-order valence-corrected chi connectivity index (χ0v) is 17.7. The van der Waals surface area contributed by atoms with Gasteiger partial charge in [0.25, 0.3) is 5.91 Å². The van der Waals surface area contributed by atoms with Gasteiger partial charge in [-0.2, -0.15) is 0 Å². The molecule has 0 spiro atoms. The zero-order chi connectivity index (χ0) is 22.0. The number of hydrogen-bond donors (Lipinski definition) is 0. The molecule has 8 heteroatoms. The summed E-state index contributed by atoms with van der Waals surface area (Å²) in [5.74, 6) is -0.199. The molecule has 1 fully saturated rings. The van der Waals surface area contributed by atoms with Crippen molar-refractivity contribution in [3.63, 3.8) is 0 Å². The van der Waals surface area contributed by atoms with Crippen LogP contribution < -0.4 is 4.74 Å². The first kappa shape index (κ1) is 21.2. The number of hydrogen-bond acceptors (Lipinski definition) is 4. The van der Waals surface area contributed by atoms with Crippen LogP contribution in [0.4, 0.5) is 8.78 Å². The zero-order valence-electron chi connectivity index (χ0n) is 17.7. The molecule has 1 atom stereocenters. The fourth-order valence-corrected chi connectivity index (χ4v) is 4.01. The van der Waals surface area contributed by atoms with Crippen molar-refractivity contribution in [2.45, 2.75) is 33.2 Å². The lowest BCUT2D eigenvalue weighted by Gasteiger charge is -2.17. The van der Waals surface area contributed by atoms with Crippen molar-refractivity contribution in [3.8, 4) is 5.75 Å². The third-order valence-electron chi connectivity index (χ3n) is 5.49. The van der Waals surface area contributed by atoms with Gasteiger partial charge in [-0.05, 0) is 42.5 Å². The largest absolute Gasteiger partial charge is 0.484 e. The van der Waals surface area contributed by atoms with Crippen LogP contribution in [0.25, 0.3) is 11.2 Å². The van der Waals surface area contributed by atoms with E-state index in [0.717, 1.165) is 48.5 Å². The van der Waals surface area contributed by atoms with E-state index in [0.29, 0.717) is 24.9 Å². The number of imidazole rings is 1. The molecule has 1 saturated heterocycles. The molecule has 0 saturated carbocycles. The number of carbonyl (C=O) groups excluding carboxylic acids is 1. The summed E-state index contributed by atoms with van der Waals surface area (Å²) in [7, 11) is 0. The number of fused-ring (bicyclic) bond motifs is 1. The van der Waals surface area contributed by atoms with Gasteiger partial charge in [-0.1, -0.05) is 13.8 Å². The van der Waals surface area contributed by atoms with E-state index < -0.39 is 11.6 Å². The van der Waals surface area contributed by atoms with E-state index in [-0.39, 0.29) is 18.3 Å². The molecule has 31 heavy (non-hydrogen) atoms. The van der Waals surface area contributed by atoms with Crippen molar-refractivity contribution >= 4 is 17.1 Å². The molecule has 4 rings (SSSR count). The standard InChI is InChI=1S/C23H26F2N4O2/c1-15(2)12-29-21(27-20-4-3-8-26-23(20)29)10-16-7-9-28(13-16)22(30)14-31-17-5-6-18(24)19(25)11-17/h3-6,8,11,15-16H,7,9-10,12-14H2,1-2H3. The van der Waals surface area contributed by atoms with Crippen LogP contribution >= 0.6 is 0 Å². The van der Waals surface area contributed by atoms with E-state index >= 15 is 0 Å². The number of likely N-dealkylation sites (tertiary alicyclic amines) is 1. The van der Waals surface area contributed by atoms with Gasteiger partial charge in [0, 0.05) is 38.3 Å². The number of nitrogens with zero attached hydrogens (tertiary/aromatic N) is 4. The maximum absolute atomic E-state index is 13.3. The first-order valence-electron chi connectivity index (χ1n) is 10.6. The minimum Gasteiger partial charge on any atom is -0.484 e. The number of halogens is 2. The number of aromatic nitrogens is 3. The molecule has 1 amide bonds. The van der Waals surface area contributed by atoms with E-state index in [1.54, 1.807) is 11.1 Å². The van der Waals surface area contributed by atoms with E-state index in [4.69, 9.17) is 9.72 Å². The molecule has 0 N–H and O–H groups in total. The summed E-state index contributed by atoms with van der Waals surface area (Å²) in [6.07, 6.45) is 3.44. The highest BCUT2D eigenvalue weighted by Crippen LogP contribution is 2.24. The topological polar surface area (TPSA) is 60.2 Å². The van der Waals surface area contributed by atoms with Crippen LogP contribution in [-0.2, 0) is 17.8 Å². The lowest BCUT2D eigenvalue weighted by molar-refractivity contribution is -0.132. The molecule has 0 radical (unpaired) electrons. The average Bonchev–Trinajstić information content (AvgIpc) is 3.34. The van der Waals surface area contributed by atoms with Gasteiger partial charge in [-0.3, -0.25) is 4.79 Å². The van der Waals surface area contributed by atoms with E-state index in [1.165, 1.54) is 6.07 Å². The summed E-state index contributed by atoms with van der Waals surface area (Å²) in [5, 5.41) is 0. The van der Waals surface area contributed by atoms with Crippen LogP contribution in [0.15, 0.2) is 36.5 Å². The lowest BCUT2D eigenvalue weighted by Crippen LogP contribution is -2.33. The predicted octanol–water partition coefficient (Wildman–Crippen LogP) is 3.84. The second-order valence-corrected chi connectivity index (χ2v) is 8.44. The second kappa shape index (κ2) is 8.99. The van der Waals surface area contributed by atoms with Gasteiger partial charge in [0.05, 0.1) is 0 Å². The van der Waals surface area contributed by atoms with Crippen LogP contribution in [0.3, 0.4) is 0 Å². The smallest absolute Gasteiger partial charge is 0.260 e. The van der Waals surface area contributed by atoms with Crippen molar-refractivity contribution in [1.29, 1.82) is 0 Å². The molecular formula is C23H26F2N4O2. The maximum Gasteiger partial charge on any atom is 0.260 e. The number of amides is 1. The van der Waals surface area contributed by atoms with Crippen molar-refractivity contribution < 1.29 is 18.3 Å². The van der Waals surface area contributed by atoms with Gasteiger partial charge in [0.2, 0.25) is 0 Å². The minimum atomic E-state index is -0.995. The fraction of sp³-hybridized carbons (Fsp3) is 0.435. The molecule has 1 aliphatic heterocycles. The highest BCUT2D eigenvalue weighted by molar-refractivity contribution is 5.78. The van der Waals surface area contributed by atoms with Gasteiger partial charge in [0.1, 0.15) is 17.1 Å². The first-order valence-corrected chi connectivity index (χ1v) is 10.6. The molecule has 0 bridgehead atoms. The van der Waals surface area contributed by atoms with E-state index in [2.05, 4.69) is 23.4 Å². The molecule has 1 unspecified atom stereocenters. The maximum atomic E-state index is 13.3. The first-order chi connectivity index (χ1) is 14.9. The van der Waals surface area contributed by atoms with Gasteiger partial charge in [-0.15, -0.1) is 0 Å². The van der Waals surface area contributed by atoms with E-state index in [9.17, 15) is 13.6 Å². The third kappa shape index (κ3) is 4.84. The van der Waals surface area contributed by atoms with Crippen molar-refractivity contribution in [2.24, 2.45) is 11.8 Å². The summed E-state index contributed by atoms with van der Waals surface area (Å²) < 4.78 is 33.8. The Labute approximate surface area is 179 Å². The SMILES string of the molecule is CC(C)Cn1c(CC2CCN(C(=O)COc3ccc(F)c(F)c3)C2)nc2cccnc21. The minimum absolute atomic E-state index is 0.137. The van der Waals surface area contributed by atoms with Crippen LogP contribution in [-0.4, -0.2) is 45.0 Å². The summed E-state index contributed by atoms with van der Waals surface area (Å²) in [5.41, 5.74) is 1.79. The van der Waals surface area contributed by atoms with Crippen LogP contribution in [0, 0.1) is 23.5 Å². The highest BCUT2D eigenvalue weighted by atomic mass is 19.2. The summed E-state index contributed by atoms with van der Waals surface area (Å²) >= 11 is 0. The highest BCUT2D eigenvalue weighted by Gasteiger charge is 2.28. The molecule has 1 aliphatic rings. The Morgan fingerprint density at radius 1 is 1.26 bits per heavy atom. The number of ether oxygens (including phenoxy) is 1. The lowest BCUT2D eigenvalue weighted by atomic mass is 10.0. The predicted molar refractivity (Wildman–Crippen MR) is 113 cm³/mol. The monoisotopic (exact) mass is 428 g/mol. The molecule has 2 aromatic heterocycles. The van der Waals surface area contributed by atoms with Gasteiger partial charge in [-0.25, -0.2) is 18.7 Å². The number of benzene rings is 1. The summed E-state index contributed by atoms with van der Waals surface area (Å²) in [6.45, 7) is 6.25. The van der Waals surface area contributed by atoms with Gasteiger partial charge in [0.15, 0.2) is 23.9 Å². The molecule has 1 aromatic carbocycles. The number of rotatable bonds is 7. The number of carbonyl (C=O) groups is 1. The normalized spacial score (nSPS) is 16.4. The van der Waals surface area contributed by atoms with Crippen LogP contribution in [0.5, 0.6) is 5.75 Å². The molecule has 164 valence electrons. The Hall–Kier alpha value is -3.03. The van der Waals surface area contributed by atoms with Gasteiger partial charge < -0.3 is 14.2 Å². The van der Waals surface area contributed by atoms with Gasteiger partial charge >= 0.3 is 0 Å². The third-order valence-corrected chi connectivity index (χ3v) is 5.49. The fourth-order valence-electron chi connectivity index (χ4n) is 4.01. The van der Waals surface area contributed by atoms with Crippen LogP contribution in [0.2, 0.25) is 0 Å². The second-order valence-electron chi connectivity index (χ2n) is 8.44. The summed E-state index contributed by atoms with van der Waals surface area (Å²) in [6, 6.07) is 7.11. The molecule has 3 heterocycles.